The number of anilines is 1. The molecule has 0 amide bonds. The van der Waals surface area contributed by atoms with E-state index in [1.807, 2.05) is 6.07 Å². The molecular weight excluding hydrogens is 351 g/mol. The van der Waals surface area contributed by atoms with Crippen LogP contribution in [0.5, 0.6) is 5.75 Å². The summed E-state index contributed by atoms with van der Waals surface area (Å²) in [5, 5.41) is 9.14. The van der Waals surface area contributed by atoms with E-state index in [1.54, 1.807) is 30.6 Å². The van der Waals surface area contributed by atoms with Gasteiger partial charge in [-0.25, -0.2) is 9.18 Å². The third-order valence-corrected chi connectivity index (χ3v) is 3.88. The van der Waals surface area contributed by atoms with Crippen molar-refractivity contribution in [3.63, 3.8) is 0 Å². The molecule has 7 nitrogen and oxygen atoms in total. The number of benzene rings is 1. The Hall–Kier alpha value is -3.86. The van der Waals surface area contributed by atoms with Crippen LogP contribution in [0.1, 0.15) is 21.6 Å². The molecule has 0 atom stereocenters. The summed E-state index contributed by atoms with van der Waals surface area (Å²) in [5.41, 5.74) is 7.01. The van der Waals surface area contributed by atoms with Crippen LogP contribution in [0.3, 0.4) is 0 Å². The average Bonchev–Trinajstić information content (AvgIpc) is 3.03. The van der Waals surface area contributed by atoms with Crippen molar-refractivity contribution in [3.05, 3.63) is 71.6 Å². The van der Waals surface area contributed by atoms with Gasteiger partial charge in [-0.3, -0.25) is 4.98 Å². The van der Waals surface area contributed by atoms with Gasteiger partial charge in [-0.2, -0.15) is 5.26 Å². The minimum Gasteiger partial charge on any atom is -0.486 e. The number of nitriles is 1. The largest absolute Gasteiger partial charge is 0.486 e. The molecule has 8 heteroatoms. The number of esters is 1. The van der Waals surface area contributed by atoms with E-state index in [1.165, 1.54) is 30.0 Å². The second-order valence-corrected chi connectivity index (χ2v) is 5.54. The van der Waals surface area contributed by atoms with Crippen LogP contribution in [0.25, 0.3) is 5.69 Å². The number of carbonyl (C=O) groups excluding carboxylic acids is 1. The molecule has 0 fully saturated rings. The van der Waals surface area contributed by atoms with E-state index >= 15 is 0 Å². The second-order valence-electron chi connectivity index (χ2n) is 5.54. The van der Waals surface area contributed by atoms with Gasteiger partial charge in [0, 0.05) is 30.3 Å². The van der Waals surface area contributed by atoms with Crippen LogP contribution < -0.4 is 10.5 Å². The van der Waals surface area contributed by atoms with Crippen molar-refractivity contribution in [1.82, 2.24) is 9.55 Å². The number of carbonyl (C=O) groups is 1. The maximum Gasteiger partial charge on any atom is 0.357 e. The van der Waals surface area contributed by atoms with Crippen molar-refractivity contribution >= 4 is 11.7 Å². The van der Waals surface area contributed by atoms with Crippen LogP contribution in [0.2, 0.25) is 0 Å². The molecule has 136 valence electrons. The zero-order valence-electron chi connectivity index (χ0n) is 14.3. The maximum absolute atomic E-state index is 14.5. The molecule has 3 aromatic rings. The number of pyridine rings is 1. The molecule has 2 heterocycles. The Kier molecular flexibility index (Phi) is 5.04. The first-order valence-corrected chi connectivity index (χ1v) is 7.86. The van der Waals surface area contributed by atoms with Gasteiger partial charge < -0.3 is 19.8 Å². The van der Waals surface area contributed by atoms with Crippen molar-refractivity contribution < 1.29 is 18.7 Å². The van der Waals surface area contributed by atoms with Gasteiger partial charge in [0.05, 0.1) is 18.4 Å². The summed E-state index contributed by atoms with van der Waals surface area (Å²) in [6.07, 6.45) is 4.60. The summed E-state index contributed by atoms with van der Waals surface area (Å²) < 4.78 is 26.0. The Morgan fingerprint density at radius 2 is 2.07 bits per heavy atom. The summed E-state index contributed by atoms with van der Waals surface area (Å²) in [5.74, 6) is -1.30. The Labute approximate surface area is 154 Å². The van der Waals surface area contributed by atoms with E-state index in [2.05, 4.69) is 4.98 Å². The lowest BCUT2D eigenvalue weighted by atomic mass is 10.2. The van der Waals surface area contributed by atoms with Crippen molar-refractivity contribution in [2.75, 3.05) is 12.8 Å². The number of nitrogens with two attached hydrogens (primary N) is 1. The average molecular weight is 366 g/mol. The fourth-order valence-corrected chi connectivity index (χ4v) is 2.51. The van der Waals surface area contributed by atoms with Crippen molar-refractivity contribution in [2.24, 2.45) is 0 Å². The highest BCUT2D eigenvalue weighted by Crippen LogP contribution is 2.27. The van der Waals surface area contributed by atoms with Crippen LogP contribution in [0.15, 0.2) is 48.9 Å². The highest BCUT2D eigenvalue weighted by atomic mass is 19.1. The molecule has 0 aliphatic rings. The number of rotatable bonds is 5. The molecule has 0 unspecified atom stereocenters. The van der Waals surface area contributed by atoms with Crippen LogP contribution in [0, 0.1) is 17.1 Å². The predicted molar refractivity (Wildman–Crippen MR) is 94.8 cm³/mol. The minimum atomic E-state index is -0.729. The topological polar surface area (TPSA) is 103 Å². The van der Waals surface area contributed by atoms with E-state index in [0.717, 1.165) is 5.56 Å². The number of methoxy groups -OCH3 is 1. The van der Waals surface area contributed by atoms with Crippen molar-refractivity contribution in [3.8, 4) is 17.5 Å². The molecule has 0 bridgehead atoms. The molecule has 2 aromatic heterocycles. The third-order valence-electron chi connectivity index (χ3n) is 3.88. The Morgan fingerprint density at radius 1 is 1.33 bits per heavy atom. The number of halogens is 1. The lowest BCUT2D eigenvalue weighted by Gasteiger charge is -2.11. The SMILES string of the molecule is COC(=O)c1c(N)c(C#N)cn1-c1ccc(OCc2ccncc2)c(F)c1. The zero-order valence-corrected chi connectivity index (χ0v) is 14.3. The number of hydrogen-bond donors (Lipinski definition) is 1. The van der Waals surface area contributed by atoms with Crippen molar-refractivity contribution in [2.45, 2.75) is 6.61 Å². The molecule has 0 aliphatic carbocycles. The standard InChI is InChI=1S/C19H15FN4O3/c1-26-19(25)18-17(22)13(9-21)10-24(18)14-2-3-16(15(20)8-14)27-11-12-4-6-23-7-5-12/h2-8,10H,11,22H2,1H3. The number of aromatic nitrogens is 2. The fourth-order valence-electron chi connectivity index (χ4n) is 2.51. The van der Waals surface area contributed by atoms with Gasteiger partial charge in [-0.05, 0) is 29.8 Å². The molecule has 0 aliphatic heterocycles. The van der Waals surface area contributed by atoms with E-state index in [9.17, 15) is 9.18 Å². The first kappa shape index (κ1) is 17.9. The minimum absolute atomic E-state index is 0.0252. The molecule has 0 saturated carbocycles. The first-order valence-electron chi connectivity index (χ1n) is 7.86. The van der Waals surface area contributed by atoms with Gasteiger partial charge in [0.25, 0.3) is 0 Å². The van der Waals surface area contributed by atoms with Crippen LogP contribution >= 0.6 is 0 Å². The van der Waals surface area contributed by atoms with Gasteiger partial charge in [0.2, 0.25) is 0 Å². The van der Waals surface area contributed by atoms with Gasteiger partial charge in [0.1, 0.15) is 12.7 Å². The van der Waals surface area contributed by atoms with Gasteiger partial charge in [-0.1, -0.05) is 0 Å². The molecular formula is C19H15FN4O3. The van der Waals surface area contributed by atoms with Gasteiger partial charge in [-0.15, -0.1) is 0 Å². The summed E-state index contributed by atoms with van der Waals surface area (Å²) in [7, 11) is 1.20. The van der Waals surface area contributed by atoms with E-state index < -0.39 is 11.8 Å². The van der Waals surface area contributed by atoms with Crippen molar-refractivity contribution in [1.29, 1.82) is 5.26 Å². The van der Waals surface area contributed by atoms with E-state index in [-0.39, 0.29) is 29.3 Å². The molecule has 2 N–H and O–H groups in total. The van der Waals surface area contributed by atoms with Gasteiger partial charge >= 0.3 is 5.97 Å². The number of ether oxygens (including phenoxy) is 2. The first-order chi connectivity index (χ1) is 13.0. The smallest absolute Gasteiger partial charge is 0.357 e. The second kappa shape index (κ2) is 7.58. The predicted octanol–water partition coefficient (Wildman–Crippen LogP) is 2.83. The fraction of sp³-hybridized carbons (Fsp3) is 0.105. The number of nitrogen functional groups attached to an aromatic ring is 1. The Bertz CT molecular complexity index is 1030. The quantitative estimate of drug-likeness (QED) is 0.697. The molecule has 0 saturated heterocycles. The molecule has 0 radical (unpaired) electrons. The normalized spacial score (nSPS) is 10.3. The molecule has 3 rings (SSSR count). The molecule has 0 spiro atoms. The lowest BCUT2D eigenvalue weighted by Crippen LogP contribution is -2.11. The molecule has 1 aromatic carbocycles. The van der Waals surface area contributed by atoms with E-state index in [4.69, 9.17) is 20.5 Å². The van der Waals surface area contributed by atoms with Crippen LogP contribution in [-0.2, 0) is 11.3 Å². The summed E-state index contributed by atoms with van der Waals surface area (Å²) in [6.45, 7) is 0.182. The molecule has 27 heavy (non-hydrogen) atoms. The van der Waals surface area contributed by atoms with Gasteiger partial charge in [0.15, 0.2) is 17.3 Å². The van der Waals surface area contributed by atoms with E-state index in [0.29, 0.717) is 5.69 Å². The zero-order chi connectivity index (χ0) is 19.4. The Balaban J connectivity index is 1.92. The summed E-state index contributed by atoms with van der Waals surface area (Å²) in [4.78, 5) is 15.9. The number of nitrogens with zero attached hydrogens (tertiary/aromatic N) is 3. The summed E-state index contributed by atoms with van der Waals surface area (Å²) >= 11 is 0. The lowest BCUT2D eigenvalue weighted by molar-refractivity contribution is 0.0593. The third kappa shape index (κ3) is 3.57. The highest BCUT2D eigenvalue weighted by molar-refractivity contribution is 5.95. The maximum atomic E-state index is 14.5. The number of hydrogen-bond acceptors (Lipinski definition) is 6. The Morgan fingerprint density at radius 3 is 2.70 bits per heavy atom. The highest BCUT2D eigenvalue weighted by Gasteiger charge is 2.22. The monoisotopic (exact) mass is 366 g/mol. The van der Waals surface area contributed by atoms with Crippen LogP contribution in [-0.4, -0.2) is 22.6 Å². The van der Waals surface area contributed by atoms with Crippen LogP contribution in [0.4, 0.5) is 10.1 Å². The summed E-state index contributed by atoms with van der Waals surface area (Å²) in [6, 6.07) is 9.60.